The smallest absolute Gasteiger partial charge is 0.0541 e. The van der Waals surface area contributed by atoms with Crippen molar-refractivity contribution in [2.45, 2.75) is 31.2 Å². The second-order valence-corrected chi connectivity index (χ2v) is 6.60. The molecule has 2 aromatic carbocycles. The largest absolute Gasteiger partial charge is 0.313 e. The van der Waals surface area contributed by atoms with Crippen LogP contribution in [0.25, 0.3) is 0 Å². The second kappa shape index (κ2) is 8.47. The highest BCUT2D eigenvalue weighted by atomic mass is 35.5. The van der Waals surface area contributed by atoms with Crippen LogP contribution in [0.3, 0.4) is 0 Å². The van der Waals surface area contributed by atoms with Gasteiger partial charge in [0.25, 0.3) is 0 Å². The normalized spacial score (nSPS) is 12.3. The van der Waals surface area contributed by atoms with Crippen LogP contribution in [0.15, 0.2) is 53.4 Å². The molecule has 1 unspecified atom stereocenters. The maximum Gasteiger partial charge on any atom is 0.0541 e. The van der Waals surface area contributed by atoms with Gasteiger partial charge in [-0.05, 0) is 43.1 Å². The van der Waals surface area contributed by atoms with Gasteiger partial charge in [-0.25, -0.2) is 0 Å². The molecule has 0 aliphatic carbocycles. The highest BCUT2D eigenvalue weighted by Gasteiger charge is 2.11. The standard InChI is InChI=1S/C18H22ClNS/c1-3-20-16(12-15-9-5-4-8-14(15)2)13-21-18-11-7-6-10-17(18)19/h4-11,16,20H,3,12-13H2,1-2H3. The van der Waals surface area contributed by atoms with Crippen molar-refractivity contribution in [1.82, 2.24) is 5.32 Å². The molecule has 0 aliphatic rings. The van der Waals surface area contributed by atoms with E-state index in [-0.39, 0.29) is 0 Å². The lowest BCUT2D eigenvalue weighted by Gasteiger charge is -2.19. The number of hydrogen-bond donors (Lipinski definition) is 1. The topological polar surface area (TPSA) is 12.0 Å². The van der Waals surface area contributed by atoms with E-state index in [2.05, 4.69) is 49.5 Å². The monoisotopic (exact) mass is 319 g/mol. The van der Waals surface area contributed by atoms with Crippen LogP contribution >= 0.6 is 23.4 Å². The lowest BCUT2D eigenvalue weighted by Crippen LogP contribution is -2.33. The van der Waals surface area contributed by atoms with E-state index in [0.717, 1.165) is 28.6 Å². The lowest BCUT2D eigenvalue weighted by atomic mass is 10.0. The molecule has 0 saturated heterocycles. The zero-order chi connectivity index (χ0) is 15.1. The molecule has 0 radical (unpaired) electrons. The van der Waals surface area contributed by atoms with Crippen LogP contribution < -0.4 is 5.32 Å². The highest BCUT2D eigenvalue weighted by molar-refractivity contribution is 7.99. The van der Waals surface area contributed by atoms with Crippen molar-refractivity contribution in [1.29, 1.82) is 0 Å². The molecule has 0 amide bonds. The summed E-state index contributed by atoms with van der Waals surface area (Å²) in [5.41, 5.74) is 2.78. The van der Waals surface area contributed by atoms with Gasteiger partial charge in [0.1, 0.15) is 0 Å². The van der Waals surface area contributed by atoms with Crippen molar-refractivity contribution >= 4 is 23.4 Å². The number of rotatable bonds is 7. The van der Waals surface area contributed by atoms with Crippen molar-refractivity contribution in [2.75, 3.05) is 12.3 Å². The van der Waals surface area contributed by atoms with E-state index >= 15 is 0 Å². The third kappa shape index (κ3) is 5.06. The van der Waals surface area contributed by atoms with Crippen molar-refractivity contribution < 1.29 is 0 Å². The summed E-state index contributed by atoms with van der Waals surface area (Å²) in [7, 11) is 0. The fourth-order valence-corrected chi connectivity index (χ4v) is 3.63. The predicted molar refractivity (Wildman–Crippen MR) is 94.5 cm³/mol. The molecule has 1 N–H and O–H groups in total. The summed E-state index contributed by atoms with van der Waals surface area (Å²) < 4.78 is 0. The predicted octanol–water partition coefficient (Wildman–Crippen LogP) is 4.96. The van der Waals surface area contributed by atoms with Gasteiger partial charge >= 0.3 is 0 Å². The molecule has 0 saturated carbocycles. The molecule has 21 heavy (non-hydrogen) atoms. The highest BCUT2D eigenvalue weighted by Crippen LogP contribution is 2.27. The SMILES string of the molecule is CCNC(CSc1ccccc1Cl)Cc1ccccc1C. The van der Waals surface area contributed by atoms with Gasteiger partial charge in [0.15, 0.2) is 0 Å². The van der Waals surface area contributed by atoms with E-state index in [9.17, 15) is 0 Å². The van der Waals surface area contributed by atoms with Gasteiger partial charge in [0, 0.05) is 16.7 Å². The Morgan fingerprint density at radius 2 is 1.81 bits per heavy atom. The van der Waals surface area contributed by atoms with Gasteiger partial charge in [-0.2, -0.15) is 0 Å². The van der Waals surface area contributed by atoms with Crippen molar-refractivity contribution in [2.24, 2.45) is 0 Å². The minimum Gasteiger partial charge on any atom is -0.313 e. The average molecular weight is 320 g/mol. The van der Waals surface area contributed by atoms with E-state index in [4.69, 9.17) is 11.6 Å². The minimum atomic E-state index is 0.456. The van der Waals surface area contributed by atoms with Gasteiger partial charge in [-0.1, -0.05) is 54.9 Å². The third-order valence-electron chi connectivity index (χ3n) is 3.50. The molecule has 0 aromatic heterocycles. The fraction of sp³-hybridized carbons (Fsp3) is 0.333. The molecule has 0 heterocycles. The summed E-state index contributed by atoms with van der Waals surface area (Å²) >= 11 is 8.05. The Morgan fingerprint density at radius 3 is 2.52 bits per heavy atom. The first-order valence-corrected chi connectivity index (χ1v) is 8.72. The summed E-state index contributed by atoms with van der Waals surface area (Å²) in [6, 6.07) is 17.1. The fourth-order valence-electron chi connectivity index (χ4n) is 2.34. The van der Waals surface area contributed by atoms with Gasteiger partial charge in [0.05, 0.1) is 5.02 Å². The first-order valence-electron chi connectivity index (χ1n) is 7.36. The molecular weight excluding hydrogens is 298 g/mol. The number of halogens is 1. The average Bonchev–Trinajstić information content (AvgIpc) is 2.48. The molecular formula is C18H22ClNS. The van der Waals surface area contributed by atoms with E-state index in [1.54, 1.807) is 0 Å². The minimum absolute atomic E-state index is 0.456. The van der Waals surface area contributed by atoms with Crippen LogP contribution in [0.4, 0.5) is 0 Å². The Hall–Kier alpha value is -0.960. The molecule has 1 atom stereocenters. The van der Waals surface area contributed by atoms with Crippen LogP contribution in [-0.2, 0) is 6.42 Å². The van der Waals surface area contributed by atoms with Gasteiger partial charge in [-0.15, -0.1) is 11.8 Å². The van der Waals surface area contributed by atoms with Gasteiger partial charge < -0.3 is 5.32 Å². The quantitative estimate of drug-likeness (QED) is 0.724. The van der Waals surface area contributed by atoms with E-state index < -0.39 is 0 Å². The summed E-state index contributed by atoms with van der Waals surface area (Å²) in [5.74, 6) is 1.02. The lowest BCUT2D eigenvalue weighted by molar-refractivity contribution is 0.571. The van der Waals surface area contributed by atoms with Crippen LogP contribution in [0, 0.1) is 6.92 Å². The molecule has 3 heteroatoms. The molecule has 2 aromatic rings. The summed E-state index contributed by atoms with van der Waals surface area (Å²) in [6.45, 7) is 5.32. The molecule has 112 valence electrons. The molecule has 0 spiro atoms. The third-order valence-corrected chi connectivity index (χ3v) is 5.17. The number of nitrogens with one attached hydrogen (secondary N) is 1. The number of benzene rings is 2. The zero-order valence-corrected chi connectivity index (χ0v) is 14.2. The molecule has 2 rings (SSSR count). The zero-order valence-electron chi connectivity index (χ0n) is 12.6. The first kappa shape index (κ1) is 16.4. The second-order valence-electron chi connectivity index (χ2n) is 5.13. The van der Waals surface area contributed by atoms with Crippen LogP contribution in [-0.4, -0.2) is 18.3 Å². The Bertz CT molecular complexity index is 571. The van der Waals surface area contributed by atoms with E-state index in [1.807, 2.05) is 30.0 Å². The Kier molecular flexibility index (Phi) is 6.62. The van der Waals surface area contributed by atoms with Crippen LogP contribution in [0.2, 0.25) is 5.02 Å². The van der Waals surface area contributed by atoms with Gasteiger partial charge in [-0.3, -0.25) is 0 Å². The Morgan fingerprint density at radius 1 is 1.10 bits per heavy atom. The summed E-state index contributed by atoms with van der Waals surface area (Å²) in [5, 5.41) is 4.43. The number of hydrogen-bond acceptors (Lipinski definition) is 2. The number of likely N-dealkylation sites (N-methyl/N-ethyl adjacent to an activating group) is 1. The number of aryl methyl sites for hydroxylation is 1. The Labute approximate surface area is 137 Å². The molecule has 0 aliphatic heterocycles. The summed E-state index contributed by atoms with van der Waals surface area (Å²) in [6.07, 6.45) is 1.05. The molecule has 1 nitrogen and oxygen atoms in total. The first-order chi connectivity index (χ1) is 10.2. The Balaban J connectivity index is 1.99. The van der Waals surface area contributed by atoms with Crippen LogP contribution in [0.1, 0.15) is 18.1 Å². The molecule has 0 bridgehead atoms. The van der Waals surface area contributed by atoms with Crippen molar-refractivity contribution in [3.05, 3.63) is 64.7 Å². The van der Waals surface area contributed by atoms with Crippen molar-refractivity contribution in [3.63, 3.8) is 0 Å². The maximum atomic E-state index is 6.23. The van der Waals surface area contributed by atoms with E-state index in [1.165, 1.54) is 11.1 Å². The van der Waals surface area contributed by atoms with E-state index in [0.29, 0.717) is 6.04 Å². The van der Waals surface area contributed by atoms with Crippen molar-refractivity contribution in [3.8, 4) is 0 Å². The molecule has 0 fully saturated rings. The maximum absolute atomic E-state index is 6.23. The number of thioether (sulfide) groups is 1. The summed E-state index contributed by atoms with van der Waals surface area (Å²) in [4.78, 5) is 1.16. The van der Waals surface area contributed by atoms with Gasteiger partial charge in [0.2, 0.25) is 0 Å². The van der Waals surface area contributed by atoms with Crippen LogP contribution in [0.5, 0.6) is 0 Å².